The molecule has 4 heterocycles. The van der Waals surface area contributed by atoms with Crippen molar-refractivity contribution >= 4 is 17.5 Å². The third kappa shape index (κ3) is 4.01. The Labute approximate surface area is 200 Å². The third-order valence-electron chi connectivity index (χ3n) is 5.68. The van der Waals surface area contributed by atoms with Gasteiger partial charge in [0.15, 0.2) is 0 Å². The number of rotatable bonds is 6. The smallest absolute Gasteiger partial charge is 0.256 e. The van der Waals surface area contributed by atoms with E-state index in [1.165, 1.54) is 4.80 Å². The van der Waals surface area contributed by atoms with Crippen LogP contribution >= 0.6 is 11.6 Å². The van der Waals surface area contributed by atoms with Crippen LogP contribution in [0, 0.1) is 6.92 Å². The summed E-state index contributed by atoms with van der Waals surface area (Å²) in [6.45, 7) is 4.77. The van der Waals surface area contributed by atoms with Crippen LogP contribution in [-0.2, 0) is 0 Å². The minimum Gasteiger partial charge on any atom is -0.477 e. The van der Waals surface area contributed by atoms with E-state index in [0.717, 1.165) is 12.0 Å². The zero-order valence-electron chi connectivity index (χ0n) is 18.7. The molecule has 34 heavy (non-hydrogen) atoms. The lowest BCUT2D eigenvalue weighted by atomic mass is 10.1. The molecule has 0 unspecified atom stereocenters. The molecule has 4 aromatic rings. The van der Waals surface area contributed by atoms with Crippen LogP contribution in [0.2, 0.25) is 5.02 Å². The Bertz CT molecular complexity index is 1320. The summed E-state index contributed by atoms with van der Waals surface area (Å²) >= 11 is 6.38. The van der Waals surface area contributed by atoms with Crippen molar-refractivity contribution in [2.45, 2.75) is 32.7 Å². The van der Waals surface area contributed by atoms with Gasteiger partial charge in [0, 0.05) is 17.8 Å². The Hall–Kier alpha value is -3.79. The molecule has 0 radical (unpaired) electrons. The molecule has 0 aliphatic carbocycles. The molecule has 11 heteroatoms. The van der Waals surface area contributed by atoms with Crippen molar-refractivity contribution in [3.05, 3.63) is 64.9 Å². The Morgan fingerprint density at radius 2 is 2.09 bits per heavy atom. The summed E-state index contributed by atoms with van der Waals surface area (Å²) in [5.74, 6) is 0.963. The number of carbonyl (C=O) groups is 1. The van der Waals surface area contributed by atoms with Crippen molar-refractivity contribution in [1.29, 1.82) is 0 Å². The highest BCUT2D eigenvalue weighted by Crippen LogP contribution is 2.35. The van der Waals surface area contributed by atoms with E-state index in [0.29, 0.717) is 59.0 Å². The van der Waals surface area contributed by atoms with Crippen LogP contribution in [0.15, 0.2) is 47.4 Å². The quantitative estimate of drug-likeness (QED) is 0.407. The number of amides is 1. The highest BCUT2D eigenvalue weighted by molar-refractivity contribution is 6.31. The number of likely N-dealkylation sites (tertiary alicyclic amines) is 1. The molecule has 1 fully saturated rings. The van der Waals surface area contributed by atoms with Gasteiger partial charge >= 0.3 is 0 Å². The maximum atomic E-state index is 13.7. The number of hydrogen-bond donors (Lipinski definition) is 0. The van der Waals surface area contributed by atoms with Gasteiger partial charge in [-0.2, -0.15) is 20.0 Å². The van der Waals surface area contributed by atoms with E-state index in [1.54, 1.807) is 35.6 Å². The second-order valence-corrected chi connectivity index (χ2v) is 8.25. The van der Waals surface area contributed by atoms with Crippen molar-refractivity contribution < 1.29 is 14.1 Å². The summed E-state index contributed by atoms with van der Waals surface area (Å²) in [5, 5.41) is 13.0. The predicted molar refractivity (Wildman–Crippen MR) is 123 cm³/mol. The molecular weight excluding hydrogens is 458 g/mol. The standard InChI is InChI=1S/C23H22ClN7O3/c1-3-33-21-15(6-4-8-25-21)20-28-22(34-29-20)18-7-5-11-30(18)23(32)16-13-17(24)14(2)12-19(16)31-26-9-10-27-31/h4,6,8-10,12-13,18H,3,5,7,11H2,1-2H3/t18-/m0/s1. The summed E-state index contributed by atoms with van der Waals surface area (Å²) in [5.41, 5.74) is 2.43. The summed E-state index contributed by atoms with van der Waals surface area (Å²) < 4.78 is 11.2. The zero-order chi connectivity index (χ0) is 23.7. The summed E-state index contributed by atoms with van der Waals surface area (Å²) in [7, 11) is 0. The maximum absolute atomic E-state index is 13.7. The Kier molecular flexibility index (Phi) is 5.97. The highest BCUT2D eigenvalue weighted by Gasteiger charge is 2.36. The van der Waals surface area contributed by atoms with Crippen molar-refractivity contribution in [1.82, 2.24) is 35.0 Å². The lowest BCUT2D eigenvalue weighted by molar-refractivity contribution is 0.0709. The molecule has 1 aliphatic heterocycles. The number of aromatic nitrogens is 6. The first-order valence-electron chi connectivity index (χ1n) is 11.0. The van der Waals surface area contributed by atoms with E-state index < -0.39 is 0 Å². The Balaban J connectivity index is 1.48. The number of halogens is 1. The van der Waals surface area contributed by atoms with Crippen LogP contribution in [0.25, 0.3) is 17.1 Å². The second kappa shape index (κ2) is 9.22. The molecule has 0 saturated carbocycles. The SMILES string of the molecule is CCOc1ncccc1-c1noc([C@@H]2CCCN2C(=O)c2cc(Cl)c(C)cc2-n2nccn2)n1. The zero-order valence-corrected chi connectivity index (χ0v) is 19.4. The van der Waals surface area contributed by atoms with Gasteiger partial charge in [0.05, 0.1) is 35.8 Å². The minimum absolute atomic E-state index is 0.201. The normalized spacial score (nSPS) is 15.6. The molecule has 10 nitrogen and oxygen atoms in total. The molecule has 1 amide bonds. The van der Waals surface area contributed by atoms with E-state index in [-0.39, 0.29) is 11.9 Å². The largest absolute Gasteiger partial charge is 0.477 e. The fourth-order valence-electron chi connectivity index (χ4n) is 4.06. The van der Waals surface area contributed by atoms with E-state index in [9.17, 15) is 4.79 Å². The molecule has 1 aliphatic rings. The number of ether oxygens (including phenoxy) is 1. The Morgan fingerprint density at radius 1 is 1.26 bits per heavy atom. The van der Waals surface area contributed by atoms with Gasteiger partial charge in [0.25, 0.3) is 5.91 Å². The molecule has 0 spiro atoms. The van der Waals surface area contributed by atoms with Crippen LogP contribution in [0.4, 0.5) is 0 Å². The first kappa shape index (κ1) is 22.0. The summed E-state index contributed by atoms with van der Waals surface area (Å²) in [6.07, 6.45) is 6.27. The number of carbonyl (C=O) groups excluding carboxylic acids is 1. The third-order valence-corrected chi connectivity index (χ3v) is 6.08. The molecular formula is C23H22ClN7O3. The highest BCUT2D eigenvalue weighted by atomic mass is 35.5. The maximum Gasteiger partial charge on any atom is 0.256 e. The molecule has 5 rings (SSSR count). The summed E-state index contributed by atoms with van der Waals surface area (Å²) in [4.78, 5) is 25.7. The van der Waals surface area contributed by atoms with Gasteiger partial charge < -0.3 is 14.2 Å². The van der Waals surface area contributed by atoms with Gasteiger partial charge in [-0.25, -0.2) is 4.98 Å². The monoisotopic (exact) mass is 479 g/mol. The predicted octanol–water partition coefficient (Wildman–Crippen LogP) is 4.05. The van der Waals surface area contributed by atoms with Gasteiger partial charge in [0.2, 0.25) is 17.6 Å². The van der Waals surface area contributed by atoms with Crippen LogP contribution in [0.3, 0.4) is 0 Å². The fraction of sp³-hybridized carbons (Fsp3) is 0.304. The molecule has 1 atom stereocenters. The van der Waals surface area contributed by atoms with Gasteiger partial charge in [0.1, 0.15) is 6.04 Å². The first-order chi connectivity index (χ1) is 16.6. The number of nitrogens with zero attached hydrogens (tertiary/aromatic N) is 7. The van der Waals surface area contributed by atoms with Gasteiger partial charge in [-0.3, -0.25) is 4.79 Å². The molecule has 1 aromatic carbocycles. The molecule has 3 aromatic heterocycles. The van der Waals surface area contributed by atoms with Gasteiger partial charge in [-0.15, -0.1) is 0 Å². The van der Waals surface area contributed by atoms with Gasteiger partial charge in [-0.05, 0) is 56.5 Å². The molecule has 0 N–H and O–H groups in total. The van der Waals surface area contributed by atoms with E-state index in [2.05, 4.69) is 25.3 Å². The van der Waals surface area contributed by atoms with Crippen molar-refractivity contribution in [2.75, 3.05) is 13.2 Å². The molecule has 174 valence electrons. The average molecular weight is 480 g/mol. The van der Waals surface area contributed by atoms with Crippen LogP contribution in [-0.4, -0.2) is 54.1 Å². The first-order valence-corrected chi connectivity index (χ1v) is 11.3. The number of aryl methyl sites for hydroxylation is 1. The number of benzene rings is 1. The molecule has 0 bridgehead atoms. The van der Waals surface area contributed by atoms with Crippen molar-refractivity contribution in [3.63, 3.8) is 0 Å². The lowest BCUT2D eigenvalue weighted by Crippen LogP contribution is -2.31. The average Bonchev–Trinajstić information content (AvgIpc) is 3.61. The minimum atomic E-state index is -0.362. The second-order valence-electron chi connectivity index (χ2n) is 7.84. The van der Waals surface area contributed by atoms with E-state index >= 15 is 0 Å². The van der Waals surface area contributed by atoms with Crippen LogP contribution < -0.4 is 4.74 Å². The van der Waals surface area contributed by atoms with Crippen molar-refractivity contribution in [2.24, 2.45) is 0 Å². The van der Waals surface area contributed by atoms with E-state index in [1.807, 2.05) is 26.0 Å². The van der Waals surface area contributed by atoms with Gasteiger partial charge in [-0.1, -0.05) is 16.8 Å². The van der Waals surface area contributed by atoms with Crippen molar-refractivity contribution in [3.8, 4) is 23.0 Å². The summed E-state index contributed by atoms with van der Waals surface area (Å²) in [6, 6.07) is 6.71. The van der Waals surface area contributed by atoms with Crippen LogP contribution in [0.1, 0.15) is 47.6 Å². The Morgan fingerprint density at radius 3 is 2.88 bits per heavy atom. The van der Waals surface area contributed by atoms with Crippen LogP contribution in [0.5, 0.6) is 5.88 Å². The number of pyridine rings is 1. The number of hydrogen-bond acceptors (Lipinski definition) is 8. The van der Waals surface area contributed by atoms with E-state index in [4.69, 9.17) is 20.9 Å². The topological polar surface area (TPSA) is 112 Å². The molecule has 1 saturated heterocycles. The lowest BCUT2D eigenvalue weighted by Gasteiger charge is -2.23. The fourth-order valence-corrected chi connectivity index (χ4v) is 4.22.